The van der Waals surface area contributed by atoms with Gasteiger partial charge in [0.05, 0.1) is 4.92 Å². The maximum Gasteiger partial charge on any atom is 0.288 e. The lowest BCUT2D eigenvalue weighted by Crippen LogP contribution is -2.16. The van der Waals surface area contributed by atoms with Crippen molar-refractivity contribution in [3.8, 4) is 0 Å². The minimum atomic E-state index is -0.458. The molecule has 1 aromatic rings. The molecule has 4 nitrogen and oxygen atoms in total. The van der Waals surface area contributed by atoms with Crippen LogP contribution in [0.15, 0.2) is 12.1 Å². The Morgan fingerprint density at radius 3 is 2.79 bits per heavy atom. The Kier molecular flexibility index (Phi) is 6.45. The number of nitrogens with zero attached hydrogens (tertiary/aromatic N) is 1. The van der Waals surface area contributed by atoms with Crippen LogP contribution in [0.2, 0.25) is 5.02 Å². The van der Waals surface area contributed by atoms with Crippen LogP contribution in [0, 0.1) is 17.0 Å². The fourth-order valence-electron chi connectivity index (χ4n) is 1.70. The van der Waals surface area contributed by atoms with E-state index in [1.807, 2.05) is 18.7 Å². The van der Waals surface area contributed by atoms with Crippen molar-refractivity contribution < 1.29 is 4.92 Å². The zero-order valence-electron chi connectivity index (χ0n) is 11.4. The first-order chi connectivity index (χ1) is 8.95. The average Bonchev–Trinajstić information content (AvgIpc) is 2.33. The van der Waals surface area contributed by atoms with E-state index in [1.165, 1.54) is 6.07 Å². The Bertz CT molecular complexity index is 455. The molecule has 0 saturated carbocycles. The Balaban J connectivity index is 2.74. The molecule has 19 heavy (non-hydrogen) atoms. The van der Waals surface area contributed by atoms with E-state index in [0.29, 0.717) is 6.04 Å². The number of aryl methyl sites for hydroxylation is 1. The molecule has 0 aliphatic heterocycles. The van der Waals surface area contributed by atoms with Gasteiger partial charge in [-0.1, -0.05) is 18.5 Å². The monoisotopic (exact) mass is 302 g/mol. The summed E-state index contributed by atoms with van der Waals surface area (Å²) in [6.07, 6.45) is 1.05. The minimum Gasteiger partial charge on any atom is -0.382 e. The molecule has 0 aliphatic carbocycles. The van der Waals surface area contributed by atoms with Gasteiger partial charge in [-0.15, -0.1) is 0 Å². The van der Waals surface area contributed by atoms with E-state index in [0.717, 1.165) is 29.2 Å². The van der Waals surface area contributed by atoms with Crippen LogP contribution in [-0.4, -0.2) is 22.5 Å². The molecule has 1 N–H and O–H groups in total. The second-order valence-electron chi connectivity index (χ2n) is 4.41. The van der Waals surface area contributed by atoms with E-state index in [9.17, 15) is 10.1 Å². The van der Waals surface area contributed by atoms with Crippen molar-refractivity contribution in [2.24, 2.45) is 0 Å². The molecule has 0 saturated heterocycles. The van der Waals surface area contributed by atoms with Crippen molar-refractivity contribution in [3.05, 3.63) is 32.8 Å². The highest BCUT2D eigenvalue weighted by Crippen LogP contribution is 2.31. The molecule has 1 rings (SSSR count). The van der Waals surface area contributed by atoms with Gasteiger partial charge in [-0.2, -0.15) is 11.8 Å². The number of halogens is 1. The van der Waals surface area contributed by atoms with Crippen molar-refractivity contribution in [3.63, 3.8) is 0 Å². The van der Waals surface area contributed by atoms with Gasteiger partial charge < -0.3 is 5.32 Å². The van der Waals surface area contributed by atoms with Crippen molar-refractivity contribution >= 4 is 34.7 Å². The van der Waals surface area contributed by atoms with Crippen LogP contribution in [-0.2, 0) is 0 Å². The Labute approximate surface area is 123 Å². The lowest BCUT2D eigenvalue weighted by atomic mass is 10.1. The van der Waals surface area contributed by atoms with Gasteiger partial charge in [0.2, 0.25) is 0 Å². The number of nitro benzene ring substituents is 1. The first-order valence-electron chi connectivity index (χ1n) is 6.24. The molecule has 0 aliphatic rings. The summed E-state index contributed by atoms with van der Waals surface area (Å²) >= 11 is 7.83. The van der Waals surface area contributed by atoms with E-state index in [2.05, 4.69) is 19.2 Å². The summed E-state index contributed by atoms with van der Waals surface area (Å²) < 4.78 is 0. The number of nitro groups is 1. The van der Waals surface area contributed by atoms with Gasteiger partial charge in [-0.05, 0) is 43.4 Å². The molecular weight excluding hydrogens is 284 g/mol. The van der Waals surface area contributed by atoms with Gasteiger partial charge in [-0.25, -0.2) is 0 Å². The minimum absolute atomic E-state index is 0.0427. The zero-order valence-corrected chi connectivity index (χ0v) is 13.0. The quantitative estimate of drug-likeness (QED) is 0.458. The largest absolute Gasteiger partial charge is 0.382 e. The number of hydrogen-bond donors (Lipinski definition) is 1. The van der Waals surface area contributed by atoms with Crippen LogP contribution in [0.3, 0.4) is 0 Å². The second kappa shape index (κ2) is 7.60. The van der Waals surface area contributed by atoms with Crippen LogP contribution < -0.4 is 5.32 Å². The van der Waals surface area contributed by atoms with Gasteiger partial charge in [0.25, 0.3) is 5.69 Å². The van der Waals surface area contributed by atoms with Crippen molar-refractivity contribution in [1.29, 1.82) is 0 Å². The molecule has 6 heteroatoms. The number of benzene rings is 1. The van der Waals surface area contributed by atoms with Gasteiger partial charge in [0.1, 0.15) is 5.02 Å². The van der Waals surface area contributed by atoms with Crippen molar-refractivity contribution in [1.82, 2.24) is 0 Å². The van der Waals surface area contributed by atoms with E-state index in [1.54, 1.807) is 6.07 Å². The van der Waals surface area contributed by atoms with Crippen LogP contribution >= 0.6 is 23.4 Å². The maximum absolute atomic E-state index is 10.8. The van der Waals surface area contributed by atoms with E-state index >= 15 is 0 Å². The van der Waals surface area contributed by atoms with Gasteiger partial charge in [0.15, 0.2) is 0 Å². The standard InChI is InChI=1S/C13H19ClN2O2S/c1-4-19-6-5-10(3)15-12-8-11(14)13(16(17)18)7-9(12)2/h7-8,10,15H,4-6H2,1-3H3. The van der Waals surface area contributed by atoms with Crippen LogP contribution in [0.4, 0.5) is 11.4 Å². The molecule has 106 valence electrons. The fourth-order valence-corrected chi connectivity index (χ4v) is 2.75. The molecule has 1 unspecified atom stereocenters. The normalized spacial score (nSPS) is 12.2. The summed E-state index contributed by atoms with van der Waals surface area (Å²) in [5, 5.41) is 14.3. The Morgan fingerprint density at radius 1 is 1.53 bits per heavy atom. The van der Waals surface area contributed by atoms with E-state index in [-0.39, 0.29) is 10.7 Å². The topological polar surface area (TPSA) is 55.2 Å². The summed E-state index contributed by atoms with van der Waals surface area (Å²) in [4.78, 5) is 10.3. The Morgan fingerprint density at radius 2 is 2.21 bits per heavy atom. The highest BCUT2D eigenvalue weighted by Gasteiger charge is 2.15. The number of thioether (sulfide) groups is 1. The number of hydrogen-bond acceptors (Lipinski definition) is 4. The fraction of sp³-hybridized carbons (Fsp3) is 0.538. The molecular formula is C13H19ClN2O2S. The predicted octanol–water partition coefficient (Wildman–Crippen LogP) is 4.50. The number of nitrogens with one attached hydrogen (secondary N) is 1. The number of rotatable bonds is 7. The van der Waals surface area contributed by atoms with Gasteiger partial charge in [0, 0.05) is 17.8 Å². The second-order valence-corrected chi connectivity index (χ2v) is 6.21. The smallest absolute Gasteiger partial charge is 0.288 e. The third-order valence-corrected chi connectivity index (χ3v) is 4.03. The predicted molar refractivity (Wildman–Crippen MR) is 83.5 cm³/mol. The molecule has 0 radical (unpaired) electrons. The van der Waals surface area contributed by atoms with Gasteiger partial charge in [-0.3, -0.25) is 10.1 Å². The summed E-state index contributed by atoms with van der Waals surface area (Å²) in [6, 6.07) is 3.46. The molecule has 0 amide bonds. The average molecular weight is 303 g/mol. The summed E-state index contributed by atoms with van der Waals surface area (Å²) in [7, 11) is 0. The molecule has 0 heterocycles. The summed E-state index contributed by atoms with van der Waals surface area (Å²) in [5.74, 6) is 2.22. The SMILES string of the molecule is CCSCCC(C)Nc1cc(Cl)c([N+](=O)[O-])cc1C. The number of anilines is 1. The van der Waals surface area contributed by atoms with Crippen LogP contribution in [0.25, 0.3) is 0 Å². The Hall–Kier alpha value is -0.940. The van der Waals surface area contributed by atoms with Crippen molar-refractivity contribution in [2.75, 3.05) is 16.8 Å². The van der Waals surface area contributed by atoms with Crippen molar-refractivity contribution in [2.45, 2.75) is 33.2 Å². The highest BCUT2D eigenvalue weighted by molar-refractivity contribution is 7.99. The zero-order chi connectivity index (χ0) is 14.4. The lowest BCUT2D eigenvalue weighted by Gasteiger charge is -2.17. The molecule has 0 aromatic heterocycles. The van der Waals surface area contributed by atoms with Crippen LogP contribution in [0.5, 0.6) is 0 Å². The molecule has 0 spiro atoms. The van der Waals surface area contributed by atoms with E-state index < -0.39 is 4.92 Å². The van der Waals surface area contributed by atoms with Gasteiger partial charge >= 0.3 is 0 Å². The summed E-state index contributed by atoms with van der Waals surface area (Å²) in [6.45, 7) is 6.09. The van der Waals surface area contributed by atoms with Crippen LogP contribution in [0.1, 0.15) is 25.8 Å². The molecule has 0 bridgehead atoms. The summed E-state index contributed by atoms with van der Waals surface area (Å²) in [5.41, 5.74) is 1.66. The highest BCUT2D eigenvalue weighted by atomic mass is 35.5. The third-order valence-electron chi connectivity index (χ3n) is 2.79. The lowest BCUT2D eigenvalue weighted by molar-refractivity contribution is -0.384. The third kappa shape index (κ3) is 4.91. The molecule has 1 atom stereocenters. The molecule has 0 fully saturated rings. The van der Waals surface area contributed by atoms with E-state index in [4.69, 9.17) is 11.6 Å². The first-order valence-corrected chi connectivity index (χ1v) is 7.77. The maximum atomic E-state index is 10.8. The molecule has 1 aromatic carbocycles. The first kappa shape index (κ1) is 16.1.